The van der Waals surface area contributed by atoms with Crippen LogP contribution in [0.25, 0.3) is 5.57 Å². The summed E-state index contributed by atoms with van der Waals surface area (Å²) in [5, 5.41) is 8.76. The number of halogens is 2. The monoisotopic (exact) mass is 228 g/mol. The van der Waals surface area contributed by atoms with Gasteiger partial charge in [-0.2, -0.15) is 0 Å². The first-order valence-electron chi connectivity index (χ1n) is 4.29. The van der Waals surface area contributed by atoms with Gasteiger partial charge in [0.1, 0.15) is 5.82 Å². The number of rotatable bonds is 2. The first-order chi connectivity index (χ1) is 6.93. The number of carboxylic acids is 1. The molecule has 2 nitrogen and oxygen atoms in total. The Kier molecular flexibility index (Phi) is 3.48. The molecule has 0 bridgehead atoms. The van der Waals surface area contributed by atoms with Crippen molar-refractivity contribution >= 4 is 23.1 Å². The fourth-order valence-electron chi connectivity index (χ4n) is 1.11. The highest BCUT2D eigenvalue weighted by Gasteiger charge is 2.08. The van der Waals surface area contributed by atoms with Gasteiger partial charge in [0.2, 0.25) is 0 Å². The minimum atomic E-state index is -0.993. The lowest BCUT2D eigenvalue weighted by atomic mass is 10.0. The first kappa shape index (κ1) is 11.7. The van der Waals surface area contributed by atoms with Gasteiger partial charge in [-0.05, 0) is 37.1 Å². The van der Waals surface area contributed by atoms with E-state index < -0.39 is 11.8 Å². The van der Waals surface area contributed by atoms with Crippen LogP contribution in [0, 0.1) is 5.82 Å². The molecule has 0 saturated carbocycles. The van der Waals surface area contributed by atoms with Crippen LogP contribution in [0.1, 0.15) is 19.4 Å². The second-order valence-corrected chi connectivity index (χ2v) is 3.59. The van der Waals surface area contributed by atoms with E-state index in [1.165, 1.54) is 25.1 Å². The van der Waals surface area contributed by atoms with Crippen molar-refractivity contribution < 1.29 is 14.3 Å². The number of benzene rings is 1. The largest absolute Gasteiger partial charge is 0.478 e. The lowest BCUT2D eigenvalue weighted by molar-refractivity contribution is -0.132. The summed E-state index contributed by atoms with van der Waals surface area (Å²) in [6.45, 7) is 3.15. The Morgan fingerprint density at radius 2 is 2.00 bits per heavy atom. The van der Waals surface area contributed by atoms with Gasteiger partial charge in [-0.15, -0.1) is 0 Å². The topological polar surface area (TPSA) is 37.3 Å². The Bertz CT molecular complexity index is 438. The molecule has 80 valence electrons. The minimum absolute atomic E-state index is 0.00922. The Balaban J connectivity index is 3.23. The number of hydrogen-bond donors (Lipinski definition) is 1. The third-order valence-electron chi connectivity index (χ3n) is 2.24. The molecule has 0 heterocycles. The van der Waals surface area contributed by atoms with Gasteiger partial charge >= 0.3 is 5.97 Å². The van der Waals surface area contributed by atoms with Crippen molar-refractivity contribution in [1.29, 1.82) is 0 Å². The second kappa shape index (κ2) is 4.45. The number of carbonyl (C=O) groups is 1. The van der Waals surface area contributed by atoms with Gasteiger partial charge in [0, 0.05) is 5.57 Å². The molecule has 0 atom stereocenters. The highest BCUT2D eigenvalue weighted by atomic mass is 35.5. The summed E-state index contributed by atoms with van der Waals surface area (Å²) in [6, 6.07) is 4.14. The molecule has 0 unspecified atom stereocenters. The molecular weight excluding hydrogens is 219 g/mol. The lowest BCUT2D eigenvalue weighted by Gasteiger charge is -2.05. The predicted octanol–water partition coefficient (Wildman–Crippen LogP) is 3.36. The third kappa shape index (κ3) is 2.57. The Morgan fingerprint density at radius 1 is 1.40 bits per heavy atom. The van der Waals surface area contributed by atoms with Crippen LogP contribution in [0.15, 0.2) is 23.8 Å². The molecule has 1 aromatic carbocycles. The van der Waals surface area contributed by atoms with E-state index in [2.05, 4.69) is 0 Å². The van der Waals surface area contributed by atoms with Gasteiger partial charge in [0.25, 0.3) is 0 Å². The molecule has 0 aromatic heterocycles. The quantitative estimate of drug-likeness (QED) is 0.789. The van der Waals surface area contributed by atoms with Crippen LogP contribution in [0.4, 0.5) is 4.39 Å². The summed E-state index contributed by atoms with van der Waals surface area (Å²) in [7, 11) is 0. The average molecular weight is 229 g/mol. The lowest BCUT2D eigenvalue weighted by Crippen LogP contribution is -1.99. The van der Waals surface area contributed by atoms with E-state index in [1.54, 1.807) is 6.92 Å². The zero-order chi connectivity index (χ0) is 11.6. The van der Waals surface area contributed by atoms with Gasteiger partial charge in [-0.3, -0.25) is 0 Å². The first-order valence-corrected chi connectivity index (χ1v) is 4.67. The van der Waals surface area contributed by atoms with Crippen molar-refractivity contribution in [3.05, 3.63) is 40.2 Å². The zero-order valence-electron chi connectivity index (χ0n) is 8.34. The number of allylic oxidation sites excluding steroid dienone is 1. The third-order valence-corrected chi connectivity index (χ3v) is 2.53. The number of hydrogen-bond acceptors (Lipinski definition) is 1. The maximum Gasteiger partial charge on any atom is 0.331 e. The average Bonchev–Trinajstić information content (AvgIpc) is 2.19. The minimum Gasteiger partial charge on any atom is -0.478 e. The molecule has 0 aliphatic carbocycles. The summed E-state index contributed by atoms with van der Waals surface area (Å²) in [5.74, 6) is -1.51. The summed E-state index contributed by atoms with van der Waals surface area (Å²) < 4.78 is 12.9. The molecule has 0 saturated heterocycles. The van der Waals surface area contributed by atoms with Crippen LogP contribution in [0.2, 0.25) is 5.02 Å². The van der Waals surface area contributed by atoms with Crippen LogP contribution in [-0.4, -0.2) is 11.1 Å². The van der Waals surface area contributed by atoms with E-state index in [4.69, 9.17) is 16.7 Å². The number of aliphatic carboxylic acids is 1. The predicted molar refractivity (Wildman–Crippen MR) is 57.3 cm³/mol. The molecule has 15 heavy (non-hydrogen) atoms. The molecule has 0 aliphatic heterocycles. The molecule has 0 amide bonds. The maximum absolute atomic E-state index is 12.9. The van der Waals surface area contributed by atoms with Crippen LogP contribution in [0.5, 0.6) is 0 Å². The van der Waals surface area contributed by atoms with E-state index in [1.807, 2.05) is 0 Å². The molecule has 1 aromatic rings. The maximum atomic E-state index is 12.9. The van der Waals surface area contributed by atoms with Gasteiger partial charge in [-0.25, -0.2) is 9.18 Å². The van der Waals surface area contributed by atoms with Gasteiger partial charge in [0.05, 0.1) is 5.02 Å². The van der Waals surface area contributed by atoms with Crippen molar-refractivity contribution in [2.75, 3.05) is 0 Å². The molecular formula is C11H10ClFO2. The molecule has 0 radical (unpaired) electrons. The highest BCUT2D eigenvalue weighted by molar-refractivity contribution is 6.30. The summed E-state index contributed by atoms with van der Waals surface area (Å²) in [6.07, 6.45) is 0. The number of carboxylic acid groups (broad SMARTS) is 1. The summed E-state index contributed by atoms with van der Waals surface area (Å²) >= 11 is 5.60. The van der Waals surface area contributed by atoms with E-state index in [0.29, 0.717) is 11.1 Å². The standard InChI is InChI=1S/C11H10ClFO2/c1-6(7(2)11(14)15)8-3-4-10(13)9(12)5-8/h3-5H,1-2H3,(H,14,15). The van der Waals surface area contributed by atoms with Crippen molar-refractivity contribution in [3.63, 3.8) is 0 Å². The molecule has 0 fully saturated rings. The second-order valence-electron chi connectivity index (χ2n) is 3.18. The molecule has 1 N–H and O–H groups in total. The SMILES string of the molecule is CC(C(=O)O)=C(C)c1ccc(F)c(Cl)c1. The van der Waals surface area contributed by atoms with Gasteiger partial charge < -0.3 is 5.11 Å². The van der Waals surface area contributed by atoms with E-state index >= 15 is 0 Å². The van der Waals surface area contributed by atoms with E-state index in [0.717, 1.165) is 0 Å². The summed E-state index contributed by atoms with van der Waals surface area (Å²) in [5.41, 5.74) is 1.41. The van der Waals surface area contributed by atoms with Crippen molar-refractivity contribution in [2.45, 2.75) is 13.8 Å². The van der Waals surface area contributed by atoms with Crippen molar-refractivity contribution in [3.8, 4) is 0 Å². The molecule has 0 aliphatic rings. The molecule has 0 spiro atoms. The van der Waals surface area contributed by atoms with Gasteiger partial charge in [0.15, 0.2) is 0 Å². The van der Waals surface area contributed by atoms with Crippen LogP contribution >= 0.6 is 11.6 Å². The molecule has 1 rings (SSSR count). The Labute approximate surface area is 92.0 Å². The van der Waals surface area contributed by atoms with Crippen molar-refractivity contribution in [1.82, 2.24) is 0 Å². The zero-order valence-corrected chi connectivity index (χ0v) is 9.10. The highest BCUT2D eigenvalue weighted by Crippen LogP contribution is 2.23. The summed E-state index contributed by atoms with van der Waals surface area (Å²) in [4.78, 5) is 10.7. The Hall–Kier alpha value is -1.35. The Morgan fingerprint density at radius 3 is 2.47 bits per heavy atom. The molecule has 4 heteroatoms. The van der Waals surface area contributed by atoms with Gasteiger partial charge in [-0.1, -0.05) is 17.7 Å². The van der Waals surface area contributed by atoms with E-state index in [9.17, 15) is 9.18 Å². The normalized spacial score (nSPS) is 12.3. The van der Waals surface area contributed by atoms with Crippen molar-refractivity contribution in [2.24, 2.45) is 0 Å². The van der Waals surface area contributed by atoms with E-state index in [-0.39, 0.29) is 10.6 Å². The smallest absolute Gasteiger partial charge is 0.331 e. The van der Waals surface area contributed by atoms with Crippen LogP contribution in [0.3, 0.4) is 0 Å². The fourth-order valence-corrected chi connectivity index (χ4v) is 1.29. The van der Waals surface area contributed by atoms with Crippen LogP contribution in [-0.2, 0) is 4.79 Å². The fraction of sp³-hybridized carbons (Fsp3) is 0.182. The van der Waals surface area contributed by atoms with Crippen LogP contribution < -0.4 is 0 Å².